The number of hydrogen-bond acceptors (Lipinski definition) is 12. The largest absolute Gasteiger partial charge is 0.390 e. The number of carbonyl (C=O) groups excluding carboxylic acids is 8. The SMILES string of the molecule is C/C=C/C[C@@H](C)[C@@H](O)[C@@H](C(=O)N[C@@H](CC)C(=O)N(C)[C@H](SCCCN(CC)CC)C(=O)N(C)[C@@H](CC(C)(C)O)C(N)=O)N(C)C(=O)[C@H](C(C)C)N(C)C(=O)[C@H](CC(C)C)N(C)C(=O)[C@@H](C)N(C)C(=O)CC. The number of amides is 8. The van der Waals surface area contributed by atoms with Crippen molar-refractivity contribution in [3.63, 3.8) is 0 Å². The molecule has 0 aliphatic carbocycles. The van der Waals surface area contributed by atoms with Crippen LogP contribution in [0.2, 0.25) is 0 Å². The number of primary amides is 1. The second kappa shape index (κ2) is 31.3. The van der Waals surface area contributed by atoms with Gasteiger partial charge in [0.25, 0.3) is 5.91 Å². The van der Waals surface area contributed by atoms with Crippen molar-refractivity contribution in [2.24, 2.45) is 23.5 Å². The molecule has 0 aliphatic rings. The average molecular weight is 1030 g/mol. The van der Waals surface area contributed by atoms with Crippen molar-refractivity contribution in [2.45, 2.75) is 182 Å². The summed E-state index contributed by atoms with van der Waals surface area (Å²) < 4.78 is 0. The van der Waals surface area contributed by atoms with E-state index in [1.54, 1.807) is 47.6 Å². The molecule has 0 radical (unpaired) electrons. The minimum atomic E-state index is -1.57. The third-order valence-electron chi connectivity index (χ3n) is 13.3. The Morgan fingerprint density at radius 2 is 1.24 bits per heavy atom. The number of nitrogens with two attached hydrogens (primary N) is 1. The second-order valence-corrected chi connectivity index (χ2v) is 21.5. The van der Waals surface area contributed by atoms with Crippen LogP contribution in [0.4, 0.5) is 0 Å². The molecular weight excluding hydrogens is 931 g/mol. The van der Waals surface area contributed by atoms with E-state index >= 15 is 0 Å². The fourth-order valence-electron chi connectivity index (χ4n) is 8.49. The molecule has 0 saturated carbocycles. The molecule has 0 aliphatic heterocycles. The fraction of sp³-hybridized carbons (Fsp3) is 0.804. The Bertz CT molecular complexity index is 1770. The highest BCUT2D eigenvalue weighted by molar-refractivity contribution is 8.00. The van der Waals surface area contributed by atoms with E-state index in [-0.39, 0.29) is 37.5 Å². The molecule has 0 fully saturated rings. The highest BCUT2D eigenvalue weighted by atomic mass is 32.2. The first-order valence-electron chi connectivity index (χ1n) is 25.4. The quantitative estimate of drug-likeness (QED) is 0.0433. The lowest BCUT2D eigenvalue weighted by atomic mass is 9.91. The molecule has 0 unspecified atom stereocenters. The van der Waals surface area contributed by atoms with E-state index in [1.807, 2.05) is 40.7 Å². The molecule has 0 saturated heterocycles. The molecule has 20 heteroatoms. The number of hydrogen-bond donors (Lipinski definition) is 4. The Balaban J connectivity index is 7.29. The lowest BCUT2D eigenvalue weighted by Crippen LogP contribution is -2.63. The van der Waals surface area contributed by atoms with E-state index in [0.717, 1.165) is 29.4 Å². The molecule has 0 aromatic carbocycles. The van der Waals surface area contributed by atoms with Crippen LogP contribution in [0.1, 0.15) is 129 Å². The number of rotatable bonds is 32. The number of carbonyl (C=O) groups is 8. The van der Waals surface area contributed by atoms with Crippen LogP contribution in [0.15, 0.2) is 12.2 Å². The number of aliphatic hydroxyl groups is 2. The fourth-order valence-corrected chi connectivity index (χ4v) is 9.64. The first kappa shape index (κ1) is 66.7. The van der Waals surface area contributed by atoms with Gasteiger partial charge < -0.3 is 55.6 Å². The highest BCUT2D eigenvalue weighted by Crippen LogP contribution is 2.26. The molecule has 0 heterocycles. The van der Waals surface area contributed by atoms with Crippen LogP contribution in [-0.2, 0) is 38.4 Å². The number of aliphatic hydroxyl groups excluding tert-OH is 1. The number of thioether (sulfide) groups is 1. The molecule has 5 N–H and O–H groups in total. The van der Waals surface area contributed by atoms with Crippen LogP contribution in [0.25, 0.3) is 0 Å². The smallest absolute Gasteiger partial charge is 0.256 e. The molecule has 0 rings (SSSR count). The van der Waals surface area contributed by atoms with Gasteiger partial charge in [-0.25, -0.2) is 0 Å². The first-order valence-corrected chi connectivity index (χ1v) is 26.4. The van der Waals surface area contributed by atoms with E-state index in [1.165, 1.54) is 87.5 Å². The van der Waals surface area contributed by atoms with Gasteiger partial charge in [0.2, 0.25) is 41.4 Å². The van der Waals surface area contributed by atoms with Gasteiger partial charge in [-0.2, -0.15) is 0 Å². The van der Waals surface area contributed by atoms with Crippen LogP contribution >= 0.6 is 11.8 Å². The zero-order chi connectivity index (χ0) is 55.4. The standard InChI is InChI=1S/C51H95N9O10S/c1-20-25-27-34(10)42(62)41(58(18)48(68)40(33(8)9)57(17)47(67)37(30-32(6)7)55(15)45(65)35(11)54(14)39(61)22-3)44(64)53-36(21-2)46(66)59(19)50(71-29-26-28-60(23-4)24-5)49(69)56(16)38(43(52)63)31-51(12,13)70/h20,25,32-38,40-42,50,62,70H,21-24,26-31H2,1-19H3,(H2,52,63)(H,53,64)/b25-20+/t34-,35-,36+,37+,38+,40+,41+,42-,50-/m1/s1. The van der Waals surface area contributed by atoms with E-state index in [9.17, 15) is 48.6 Å². The van der Waals surface area contributed by atoms with Crippen molar-refractivity contribution in [3.05, 3.63) is 12.2 Å². The predicted molar refractivity (Wildman–Crippen MR) is 281 cm³/mol. The average Bonchev–Trinajstić information content (AvgIpc) is 3.31. The van der Waals surface area contributed by atoms with Gasteiger partial charge in [-0.05, 0) is 96.5 Å². The number of nitrogens with one attached hydrogen (secondary N) is 1. The van der Waals surface area contributed by atoms with Crippen molar-refractivity contribution >= 4 is 59.0 Å². The topological polar surface area (TPSA) is 238 Å². The van der Waals surface area contributed by atoms with Gasteiger partial charge in [0.05, 0.1) is 11.7 Å². The Morgan fingerprint density at radius 3 is 1.69 bits per heavy atom. The van der Waals surface area contributed by atoms with Gasteiger partial charge in [-0.1, -0.05) is 74.5 Å². The molecular formula is C51H95N9O10S. The monoisotopic (exact) mass is 1030 g/mol. The van der Waals surface area contributed by atoms with Crippen molar-refractivity contribution in [1.82, 2.24) is 39.6 Å². The van der Waals surface area contributed by atoms with E-state index < -0.39 is 107 Å². The van der Waals surface area contributed by atoms with Crippen molar-refractivity contribution in [2.75, 3.05) is 67.7 Å². The maximum absolute atomic E-state index is 14.9. The highest BCUT2D eigenvalue weighted by Gasteiger charge is 2.45. The summed E-state index contributed by atoms with van der Waals surface area (Å²) in [6.45, 7) is 25.3. The summed E-state index contributed by atoms with van der Waals surface area (Å²) in [6, 6.07) is -7.09. The molecule has 0 bridgehead atoms. The normalized spacial score (nSPS) is 15.8. The third kappa shape index (κ3) is 19.9. The molecule has 0 spiro atoms. The van der Waals surface area contributed by atoms with Gasteiger partial charge in [0.15, 0.2) is 5.37 Å². The van der Waals surface area contributed by atoms with Crippen molar-refractivity contribution in [3.8, 4) is 0 Å². The van der Waals surface area contributed by atoms with Crippen LogP contribution < -0.4 is 11.1 Å². The lowest BCUT2D eigenvalue weighted by Gasteiger charge is -2.41. The van der Waals surface area contributed by atoms with Crippen molar-refractivity contribution in [1.29, 1.82) is 0 Å². The molecule has 71 heavy (non-hydrogen) atoms. The van der Waals surface area contributed by atoms with Gasteiger partial charge in [-0.15, -0.1) is 11.8 Å². The van der Waals surface area contributed by atoms with E-state index in [2.05, 4.69) is 10.2 Å². The summed E-state index contributed by atoms with van der Waals surface area (Å²) in [5.41, 5.74) is 4.38. The van der Waals surface area contributed by atoms with Crippen LogP contribution in [0, 0.1) is 17.8 Å². The van der Waals surface area contributed by atoms with Crippen LogP contribution in [0.3, 0.4) is 0 Å². The summed E-state index contributed by atoms with van der Waals surface area (Å²) >= 11 is 1.20. The zero-order valence-corrected chi connectivity index (χ0v) is 47.7. The van der Waals surface area contributed by atoms with E-state index in [0.29, 0.717) is 18.6 Å². The van der Waals surface area contributed by atoms with Gasteiger partial charge >= 0.3 is 0 Å². The summed E-state index contributed by atoms with van der Waals surface area (Å²) in [7, 11) is 8.70. The van der Waals surface area contributed by atoms with Crippen LogP contribution in [0.5, 0.6) is 0 Å². The summed E-state index contributed by atoms with van der Waals surface area (Å²) in [5.74, 6) is -5.54. The lowest BCUT2D eigenvalue weighted by molar-refractivity contribution is -0.157. The first-order chi connectivity index (χ1) is 32.8. The Labute approximate surface area is 431 Å². The minimum absolute atomic E-state index is 0.0475. The summed E-state index contributed by atoms with van der Waals surface area (Å²) in [5, 5.41) is 24.2. The molecule has 8 amide bonds. The minimum Gasteiger partial charge on any atom is -0.390 e. The summed E-state index contributed by atoms with van der Waals surface area (Å²) in [6.07, 6.45) is 3.49. The Morgan fingerprint density at radius 1 is 0.704 bits per heavy atom. The number of likely N-dealkylation sites (N-methyl/N-ethyl adjacent to an activating group) is 6. The Kier molecular flexibility index (Phi) is 29.5. The second-order valence-electron chi connectivity index (χ2n) is 20.3. The molecule has 9 atom stereocenters. The molecule has 0 aromatic heterocycles. The maximum Gasteiger partial charge on any atom is 0.256 e. The van der Waals surface area contributed by atoms with Gasteiger partial charge in [0.1, 0.15) is 36.3 Å². The molecule has 0 aromatic rings. The third-order valence-corrected chi connectivity index (χ3v) is 14.7. The molecule has 410 valence electrons. The van der Waals surface area contributed by atoms with Gasteiger partial charge in [-0.3, -0.25) is 38.4 Å². The van der Waals surface area contributed by atoms with Crippen LogP contribution in [-0.4, -0.2) is 213 Å². The number of nitrogens with zero attached hydrogens (tertiary/aromatic N) is 7. The zero-order valence-electron chi connectivity index (χ0n) is 46.9. The predicted octanol–water partition coefficient (Wildman–Crippen LogP) is 3.01. The van der Waals surface area contributed by atoms with Gasteiger partial charge in [0, 0.05) is 55.1 Å². The van der Waals surface area contributed by atoms with Crippen molar-refractivity contribution < 1.29 is 48.6 Å². The van der Waals surface area contributed by atoms with E-state index in [4.69, 9.17) is 5.73 Å². The maximum atomic E-state index is 14.9. The number of allylic oxidation sites excluding steroid dienone is 2. The summed E-state index contributed by atoms with van der Waals surface area (Å²) in [4.78, 5) is 122. The molecule has 19 nitrogen and oxygen atoms in total. The Hall–Kier alpha value is -4.27.